The average Bonchev–Trinajstić information content (AvgIpc) is 2.94. The Balaban J connectivity index is 1.93. The molecule has 0 saturated heterocycles. The van der Waals surface area contributed by atoms with Gasteiger partial charge in [-0.25, -0.2) is 9.97 Å². The van der Waals surface area contributed by atoms with E-state index in [4.69, 9.17) is 4.74 Å². The molecule has 4 heteroatoms. The first-order valence-electron chi connectivity index (χ1n) is 5.80. The fourth-order valence-corrected chi connectivity index (χ4v) is 1.44. The molecule has 4 nitrogen and oxygen atoms in total. The molecule has 0 bridgehead atoms. The van der Waals surface area contributed by atoms with Gasteiger partial charge in [-0.05, 0) is 32.1 Å². The zero-order chi connectivity index (χ0) is 11.6. The van der Waals surface area contributed by atoms with Gasteiger partial charge < -0.3 is 10.1 Å². The number of rotatable bonds is 5. The molecule has 0 aromatic carbocycles. The van der Waals surface area contributed by atoms with E-state index in [0.717, 1.165) is 12.4 Å². The number of aromatic nitrogens is 2. The summed E-state index contributed by atoms with van der Waals surface area (Å²) in [5, 5.41) is 3.33. The van der Waals surface area contributed by atoms with Gasteiger partial charge in [0.15, 0.2) is 0 Å². The maximum absolute atomic E-state index is 5.51. The Hall–Kier alpha value is -1.32. The van der Waals surface area contributed by atoms with Crippen molar-refractivity contribution in [1.29, 1.82) is 0 Å². The highest BCUT2D eigenvalue weighted by atomic mass is 16.5. The molecule has 1 aromatic rings. The van der Waals surface area contributed by atoms with Crippen molar-refractivity contribution in [2.24, 2.45) is 5.41 Å². The highest BCUT2D eigenvalue weighted by Crippen LogP contribution is 2.44. The van der Waals surface area contributed by atoms with Crippen LogP contribution in [-0.2, 0) is 0 Å². The summed E-state index contributed by atoms with van der Waals surface area (Å²) in [4.78, 5) is 8.24. The van der Waals surface area contributed by atoms with Gasteiger partial charge in [-0.1, -0.05) is 6.92 Å². The molecule has 1 aliphatic carbocycles. The molecule has 0 atom stereocenters. The van der Waals surface area contributed by atoms with Gasteiger partial charge in [-0.15, -0.1) is 0 Å². The molecule has 1 fully saturated rings. The predicted molar refractivity (Wildman–Crippen MR) is 63.6 cm³/mol. The van der Waals surface area contributed by atoms with Gasteiger partial charge in [0, 0.05) is 12.6 Å². The van der Waals surface area contributed by atoms with Crippen LogP contribution in [0.3, 0.4) is 0 Å². The first-order chi connectivity index (χ1) is 7.57. The Morgan fingerprint density at radius 2 is 2.19 bits per heavy atom. The van der Waals surface area contributed by atoms with Crippen LogP contribution >= 0.6 is 0 Å². The van der Waals surface area contributed by atoms with E-state index >= 15 is 0 Å². The number of ether oxygens (including phenoxy) is 1. The minimum absolute atomic E-state index is 0.142. The van der Waals surface area contributed by atoms with Crippen LogP contribution in [0, 0.1) is 5.41 Å². The van der Waals surface area contributed by atoms with E-state index in [2.05, 4.69) is 22.2 Å². The fourth-order valence-electron chi connectivity index (χ4n) is 1.44. The smallest absolute Gasteiger partial charge is 0.218 e. The molecule has 1 N–H and O–H groups in total. The zero-order valence-corrected chi connectivity index (χ0v) is 10.2. The molecule has 1 aromatic heterocycles. The molecule has 2 rings (SSSR count). The van der Waals surface area contributed by atoms with E-state index in [0.29, 0.717) is 11.3 Å². The highest BCUT2D eigenvalue weighted by Gasteiger charge is 2.36. The lowest BCUT2D eigenvalue weighted by Gasteiger charge is -2.12. The van der Waals surface area contributed by atoms with Crippen molar-refractivity contribution in [3.8, 4) is 5.88 Å². The first-order valence-corrected chi connectivity index (χ1v) is 5.80. The molecule has 88 valence electrons. The number of anilines is 1. The van der Waals surface area contributed by atoms with E-state index in [9.17, 15) is 0 Å². The standard InChI is InChI=1S/C12H19N3O/c1-9(2)16-11-6-10(14-8-15-11)13-7-12(3)4-5-12/h6,8-9H,4-5,7H2,1-3H3,(H,13,14,15). The third kappa shape index (κ3) is 3.08. The van der Waals surface area contributed by atoms with Gasteiger partial charge in [0.05, 0.1) is 6.10 Å². The van der Waals surface area contributed by atoms with Gasteiger partial charge in [-0.3, -0.25) is 0 Å². The van der Waals surface area contributed by atoms with Gasteiger partial charge in [0.1, 0.15) is 12.1 Å². The molecule has 0 unspecified atom stereocenters. The minimum atomic E-state index is 0.142. The summed E-state index contributed by atoms with van der Waals surface area (Å²) in [5.41, 5.74) is 0.476. The second-order valence-electron chi connectivity index (χ2n) is 5.07. The van der Waals surface area contributed by atoms with Crippen molar-refractivity contribution >= 4 is 5.82 Å². The summed E-state index contributed by atoms with van der Waals surface area (Å²) >= 11 is 0. The summed E-state index contributed by atoms with van der Waals surface area (Å²) in [6.45, 7) is 7.23. The third-order valence-electron chi connectivity index (χ3n) is 2.80. The van der Waals surface area contributed by atoms with Crippen molar-refractivity contribution in [2.45, 2.75) is 39.7 Å². The normalized spacial score (nSPS) is 17.2. The zero-order valence-electron chi connectivity index (χ0n) is 10.2. The summed E-state index contributed by atoms with van der Waals surface area (Å²) in [5.74, 6) is 1.48. The maximum Gasteiger partial charge on any atom is 0.218 e. The fraction of sp³-hybridized carbons (Fsp3) is 0.667. The quantitative estimate of drug-likeness (QED) is 0.829. The Kier molecular flexibility index (Phi) is 2.99. The third-order valence-corrected chi connectivity index (χ3v) is 2.80. The van der Waals surface area contributed by atoms with E-state index in [-0.39, 0.29) is 6.10 Å². The highest BCUT2D eigenvalue weighted by molar-refractivity contribution is 5.37. The Bertz CT molecular complexity index is 361. The molecule has 1 saturated carbocycles. The molecule has 1 aliphatic rings. The molecule has 1 heterocycles. The van der Waals surface area contributed by atoms with Gasteiger partial charge >= 0.3 is 0 Å². The molecule has 0 radical (unpaired) electrons. The van der Waals surface area contributed by atoms with Crippen LogP contribution in [0.4, 0.5) is 5.82 Å². The Morgan fingerprint density at radius 1 is 1.44 bits per heavy atom. The van der Waals surface area contributed by atoms with E-state index < -0.39 is 0 Å². The lowest BCUT2D eigenvalue weighted by molar-refractivity contribution is 0.232. The first kappa shape index (κ1) is 11.2. The van der Waals surface area contributed by atoms with Crippen molar-refractivity contribution in [3.63, 3.8) is 0 Å². The largest absolute Gasteiger partial charge is 0.475 e. The number of hydrogen-bond donors (Lipinski definition) is 1. The monoisotopic (exact) mass is 221 g/mol. The van der Waals surface area contributed by atoms with Crippen molar-refractivity contribution in [2.75, 3.05) is 11.9 Å². The van der Waals surface area contributed by atoms with Gasteiger partial charge in [-0.2, -0.15) is 0 Å². The van der Waals surface area contributed by atoms with Crippen LogP contribution in [-0.4, -0.2) is 22.6 Å². The van der Waals surface area contributed by atoms with Crippen LogP contribution in [0.25, 0.3) is 0 Å². The molecular weight excluding hydrogens is 202 g/mol. The molecular formula is C12H19N3O. The van der Waals surface area contributed by atoms with E-state index in [1.54, 1.807) is 0 Å². The number of nitrogens with zero attached hydrogens (tertiary/aromatic N) is 2. The van der Waals surface area contributed by atoms with Crippen molar-refractivity contribution < 1.29 is 4.74 Å². The van der Waals surface area contributed by atoms with E-state index in [1.165, 1.54) is 19.2 Å². The second kappa shape index (κ2) is 4.28. The van der Waals surface area contributed by atoms with Crippen LogP contribution in [0.15, 0.2) is 12.4 Å². The van der Waals surface area contributed by atoms with Crippen LogP contribution in [0.5, 0.6) is 5.88 Å². The van der Waals surface area contributed by atoms with Gasteiger partial charge in [0.2, 0.25) is 5.88 Å². The topological polar surface area (TPSA) is 47.0 Å². The SMILES string of the molecule is CC(C)Oc1cc(NCC2(C)CC2)ncn1. The molecule has 16 heavy (non-hydrogen) atoms. The predicted octanol–water partition coefficient (Wildman–Crippen LogP) is 2.48. The molecule has 0 spiro atoms. The van der Waals surface area contributed by atoms with Gasteiger partial charge in [0.25, 0.3) is 0 Å². The maximum atomic E-state index is 5.51. The average molecular weight is 221 g/mol. The van der Waals surface area contributed by atoms with E-state index in [1.807, 2.05) is 19.9 Å². The van der Waals surface area contributed by atoms with Crippen LogP contribution in [0.1, 0.15) is 33.6 Å². The van der Waals surface area contributed by atoms with Crippen LogP contribution in [0.2, 0.25) is 0 Å². The Labute approximate surface area is 96.4 Å². The lowest BCUT2D eigenvalue weighted by atomic mass is 10.1. The summed E-state index contributed by atoms with van der Waals surface area (Å²) in [6.07, 6.45) is 4.29. The summed E-state index contributed by atoms with van der Waals surface area (Å²) in [7, 11) is 0. The van der Waals surface area contributed by atoms with Crippen molar-refractivity contribution in [3.05, 3.63) is 12.4 Å². The van der Waals surface area contributed by atoms with Crippen LogP contribution < -0.4 is 10.1 Å². The van der Waals surface area contributed by atoms with Crippen molar-refractivity contribution in [1.82, 2.24) is 9.97 Å². The number of hydrogen-bond acceptors (Lipinski definition) is 4. The number of nitrogens with one attached hydrogen (secondary N) is 1. The summed E-state index contributed by atoms with van der Waals surface area (Å²) < 4.78 is 5.51. The Morgan fingerprint density at radius 3 is 2.81 bits per heavy atom. The minimum Gasteiger partial charge on any atom is -0.475 e. The summed E-state index contributed by atoms with van der Waals surface area (Å²) in [6, 6.07) is 1.85. The lowest BCUT2D eigenvalue weighted by Crippen LogP contribution is -2.13. The second-order valence-corrected chi connectivity index (χ2v) is 5.07. The molecule has 0 aliphatic heterocycles. The molecule has 0 amide bonds.